The van der Waals surface area contributed by atoms with Gasteiger partial charge in [-0.2, -0.15) is 13.2 Å². The zero-order valence-electron chi connectivity index (χ0n) is 10.4. The normalized spacial score (nSPS) is 15.2. The number of hydrogen-bond donors (Lipinski definition) is 2. The monoisotopic (exact) mass is 295 g/mol. The molecule has 0 fully saturated rings. The minimum atomic E-state index is -4.44. The minimum absolute atomic E-state index is 0.0642. The van der Waals surface area contributed by atoms with Crippen LogP contribution in [0.5, 0.6) is 0 Å². The molecule has 3 nitrogen and oxygen atoms in total. The smallest absolute Gasteiger partial charge is 0.396 e. The summed E-state index contributed by atoms with van der Waals surface area (Å²) in [7, 11) is 0.123. The van der Waals surface area contributed by atoms with Gasteiger partial charge in [0.2, 0.25) is 0 Å². The lowest BCUT2D eigenvalue weighted by atomic mass is 10.2. The van der Waals surface area contributed by atoms with Crippen molar-refractivity contribution in [2.24, 2.45) is 0 Å². The third-order valence-corrected chi connectivity index (χ3v) is 4.15. The van der Waals surface area contributed by atoms with Crippen LogP contribution >= 0.6 is 0 Å². The highest BCUT2D eigenvalue weighted by atomic mass is 32.2. The fourth-order valence-corrected chi connectivity index (χ4v) is 2.94. The van der Waals surface area contributed by atoms with Crippen molar-refractivity contribution in [1.29, 1.82) is 0 Å². The zero-order valence-corrected chi connectivity index (χ0v) is 11.2. The molecule has 0 saturated carbocycles. The topological polar surface area (TPSA) is 49.3 Å². The SMILES string of the molecule is CNC(CCO)CS(=O)c1cccc(C(F)(F)F)c1. The van der Waals surface area contributed by atoms with Crippen LogP contribution < -0.4 is 5.32 Å². The fraction of sp³-hybridized carbons (Fsp3) is 0.500. The lowest BCUT2D eigenvalue weighted by molar-refractivity contribution is -0.137. The zero-order chi connectivity index (χ0) is 14.5. The molecule has 0 aliphatic heterocycles. The summed E-state index contributed by atoms with van der Waals surface area (Å²) in [6.07, 6.45) is -4.03. The molecule has 1 rings (SSSR count). The van der Waals surface area contributed by atoms with Gasteiger partial charge in [-0.1, -0.05) is 6.07 Å². The number of aliphatic hydroxyl groups excluding tert-OH is 1. The second kappa shape index (κ2) is 7.02. The van der Waals surface area contributed by atoms with E-state index in [1.165, 1.54) is 12.1 Å². The van der Waals surface area contributed by atoms with Crippen molar-refractivity contribution >= 4 is 10.8 Å². The van der Waals surface area contributed by atoms with Gasteiger partial charge in [-0.3, -0.25) is 4.21 Å². The minimum Gasteiger partial charge on any atom is -0.396 e. The summed E-state index contributed by atoms with van der Waals surface area (Å²) in [5.74, 6) is 0.165. The van der Waals surface area contributed by atoms with Crippen molar-refractivity contribution in [2.45, 2.75) is 23.5 Å². The average molecular weight is 295 g/mol. The molecule has 1 aromatic carbocycles. The predicted octanol–water partition coefficient (Wildman–Crippen LogP) is 1.78. The van der Waals surface area contributed by atoms with E-state index >= 15 is 0 Å². The van der Waals surface area contributed by atoms with Gasteiger partial charge < -0.3 is 10.4 Å². The maximum absolute atomic E-state index is 12.5. The molecule has 2 unspecified atom stereocenters. The van der Waals surface area contributed by atoms with E-state index in [0.29, 0.717) is 6.42 Å². The van der Waals surface area contributed by atoms with E-state index in [-0.39, 0.29) is 23.3 Å². The second-order valence-electron chi connectivity index (χ2n) is 4.04. The summed E-state index contributed by atoms with van der Waals surface area (Å²) in [6.45, 7) is -0.0642. The van der Waals surface area contributed by atoms with Gasteiger partial charge in [0.1, 0.15) is 0 Å². The van der Waals surface area contributed by atoms with E-state index in [9.17, 15) is 17.4 Å². The molecule has 0 radical (unpaired) electrons. The van der Waals surface area contributed by atoms with Gasteiger partial charge in [-0.15, -0.1) is 0 Å². The number of aliphatic hydroxyl groups is 1. The van der Waals surface area contributed by atoms with Crippen LogP contribution in [0.1, 0.15) is 12.0 Å². The summed E-state index contributed by atoms with van der Waals surface area (Å²) in [5.41, 5.74) is -0.804. The van der Waals surface area contributed by atoms with Crippen molar-refractivity contribution in [3.63, 3.8) is 0 Å². The van der Waals surface area contributed by atoms with Crippen LogP contribution in [-0.2, 0) is 17.0 Å². The Bertz CT molecular complexity index is 437. The quantitative estimate of drug-likeness (QED) is 0.841. The van der Waals surface area contributed by atoms with Crippen molar-refractivity contribution in [3.8, 4) is 0 Å². The summed E-state index contributed by atoms with van der Waals surface area (Å²) in [5, 5.41) is 11.7. The van der Waals surface area contributed by atoms with Crippen LogP contribution in [0.3, 0.4) is 0 Å². The second-order valence-corrected chi connectivity index (χ2v) is 5.53. The first-order valence-electron chi connectivity index (χ1n) is 5.72. The molecule has 0 bridgehead atoms. The molecule has 0 saturated heterocycles. The van der Waals surface area contributed by atoms with Crippen molar-refractivity contribution < 1.29 is 22.5 Å². The van der Waals surface area contributed by atoms with E-state index in [1.807, 2.05) is 0 Å². The molecule has 2 N–H and O–H groups in total. The van der Waals surface area contributed by atoms with Gasteiger partial charge in [-0.05, 0) is 31.7 Å². The Morgan fingerprint density at radius 1 is 1.42 bits per heavy atom. The molecular formula is C12H16F3NO2S. The third-order valence-electron chi connectivity index (χ3n) is 2.66. The Hall–Kier alpha value is -0.920. The van der Waals surface area contributed by atoms with Crippen LogP contribution in [0, 0.1) is 0 Å². The molecule has 0 aliphatic rings. The Morgan fingerprint density at radius 2 is 2.11 bits per heavy atom. The van der Waals surface area contributed by atoms with Crippen LogP contribution in [0.4, 0.5) is 13.2 Å². The Kier molecular flexibility index (Phi) is 5.96. The first-order chi connectivity index (χ1) is 8.88. The number of benzene rings is 1. The molecule has 0 amide bonds. The number of alkyl halides is 3. The summed E-state index contributed by atoms with van der Waals surface area (Å²) in [4.78, 5) is 0.146. The van der Waals surface area contributed by atoms with Crippen LogP contribution in [-0.4, -0.2) is 34.8 Å². The van der Waals surface area contributed by atoms with Gasteiger partial charge in [0, 0.05) is 23.3 Å². The van der Waals surface area contributed by atoms with Crippen LogP contribution in [0.25, 0.3) is 0 Å². The van der Waals surface area contributed by atoms with E-state index in [1.54, 1.807) is 7.05 Å². The van der Waals surface area contributed by atoms with Crippen LogP contribution in [0.2, 0.25) is 0 Å². The number of hydrogen-bond acceptors (Lipinski definition) is 3. The van der Waals surface area contributed by atoms with Gasteiger partial charge in [0.25, 0.3) is 0 Å². The highest BCUT2D eigenvalue weighted by molar-refractivity contribution is 7.85. The molecule has 0 aromatic heterocycles. The largest absolute Gasteiger partial charge is 0.416 e. The highest BCUT2D eigenvalue weighted by Crippen LogP contribution is 2.30. The van der Waals surface area contributed by atoms with Gasteiger partial charge in [0.05, 0.1) is 16.4 Å². The van der Waals surface area contributed by atoms with Crippen LogP contribution in [0.15, 0.2) is 29.2 Å². The van der Waals surface area contributed by atoms with Gasteiger partial charge in [0.15, 0.2) is 0 Å². The molecule has 19 heavy (non-hydrogen) atoms. The molecule has 108 valence electrons. The van der Waals surface area contributed by atoms with Gasteiger partial charge >= 0.3 is 6.18 Å². The fourth-order valence-electron chi connectivity index (χ4n) is 1.56. The Morgan fingerprint density at radius 3 is 2.63 bits per heavy atom. The number of nitrogens with one attached hydrogen (secondary N) is 1. The van der Waals surface area contributed by atoms with Crippen molar-refractivity contribution in [1.82, 2.24) is 5.32 Å². The summed E-state index contributed by atoms with van der Waals surface area (Å²) in [6, 6.07) is 4.32. The van der Waals surface area contributed by atoms with Gasteiger partial charge in [-0.25, -0.2) is 0 Å². The van der Waals surface area contributed by atoms with E-state index in [4.69, 9.17) is 5.11 Å². The third kappa shape index (κ3) is 4.93. The first kappa shape index (κ1) is 16.1. The highest BCUT2D eigenvalue weighted by Gasteiger charge is 2.30. The lowest BCUT2D eigenvalue weighted by Crippen LogP contribution is -2.32. The van der Waals surface area contributed by atoms with E-state index in [0.717, 1.165) is 12.1 Å². The van der Waals surface area contributed by atoms with Crippen molar-refractivity contribution in [3.05, 3.63) is 29.8 Å². The standard InChI is InChI=1S/C12H16F3NO2S/c1-16-10(5-6-17)8-19(18)11-4-2-3-9(7-11)12(13,14)15/h2-4,7,10,16-17H,5-6,8H2,1H3. The van der Waals surface area contributed by atoms with E-state index in [2.05, 4.69) is 5.32 Å². The molecule has 1 aromatic rings. The molecule has 7 heteroatoms. The lowest BCUT2D eigenvalue weighted by Gasteiger charge is -2.15. The summed E-state index contributed by atoms with van der Waals surface area (Å²) >= 11 is 0. The molecule has 0 aliphatic carbocycles. The molecular weight excluding hydrogens is 279 g/mol. The maximum atomic E-state index is 12.5. The predicted molar refractivity (Wildman–Crippen MR) is 67.3 cm³/mol. The Balaban J connectivity index is 2.82. The molecule has 0 spiro atoms. The van der Waals surface area contributed by atoms with Crippen molar-refractivity contribution in [2.75, 3.05) is 19.4 Å². The Labute approximate surface area is 112 Å². The van der Waals surface area contributed by atoms with E-state index < -0.39 is 22.5 Å². The molecule has 2 atom stereocenters. The molecule has 0 heterocycles. The number of halogens is 3. The number of rotatable bonds is 6. The average Bonchev–Trinajstić information content (AvgIpc) is 2.37. The first-order valence-corrected chi connectivity index (χ1v) is 7.04. The maximum Gasteiger partial charge on any atom is 0.416 e. The summed E-state index contributed by atoms with van der Waals surface area (Å²) < 4.78 is 49.6.